The third kappa shape index (κ3) is 3.79. The minimum Gasteiger partial charge on any atom is -0.477 e. The Morgan fingerprint density at radius 2 is 1.84 bits per heavy atom. The van der Waals surface area contributed by atoms with Crippen LogP contribution in [0.4, 0.5) is 5.69 Å². The molecule has 2 aromatic carbocycles. The molecule has 0 fully saturated rings. The summed E-state index contributed by atoms with van der Waals surface area (Å²) in [4.78, 5) is 11.5. The van der Waals surface area contributed by atoms with Gasteiger partial charge in [0.2, 0.25) is 10.0 Å². The number of carboxylic acid groups (broad SMARTS) is 1. The van der Waals surface area contributed by atoms with Crippen molar-refractivity contribution in [3.8, 4) is 0 Å². The number of nitrogens with one attached hydrogen (secondary N) is 2. The second-order valence-corrected chi connectivity index (χ2v) is 8.76. The second kappa shape index (κ2) is 6.91. The van der Waals surface area contributed by atoms with Gasteiger partial charge in [-0.15, -0.1) is 0 Å². The first-order valence-electron chi connectivity index (χ1n) is 7.06. The lowest BCUT2D eigenvalue weighted by molar-refractivity contribution is -0.132. The van der Waals surface area contributed by atoms with Crippen LogP contribution in [-0.4, -0.2) is 19.5 Å². The molecule has 25 heavy (non-hydrogen) atoms. The molecule has 0 bridgehead atoms. The van der Waals surface area contributed by atoms with Crippen molar-refractivity contribution in [3.05, 3.63) is 68.7 Å². The van der Waals surface area contributed by atoms with Gasteiger partial charge in [0.05, 0.1) is 10.9 Å². The van der Waals surface area contributed by atoms with E-state index in [1.807, 2.05) is 0 Å². The molecule has 130 valence electrons. The van der Waals surface area contributed by atoms with Crippen LogP contribution in [0, 0.1) is 0 Å². The lowest BCUT2D eigenvalue weighted by Gasteiger charge is -2.26. The van der Waals surface area contributed by atoms with Crippen LogP contribution in [0.3, 0.4) is 0 Å². The summed E-state index contributed by atoms with van der Waals surface area (Å²) in [7, 11) is -3.83. The third-order valence-corrected chi connectivity index (χ3v) is 6.14. The predicted octanol–water partition coefficient (Wildman–Crippen LogP) is 3.63. The van der Waals surface area contributed by atoms with Crippen LogP contribution in [0.2, 0.25) is 0 Å². The van der Waals surface area contributed by atoms with Crippen LogP contribution >= 0.6 is 31.9 Å². The highest BCUT2D eigenvalue weighted by Crippen LogP contribution is 2.39. The first-order chi connectivity index (χ1) is 11.8. The van der Waals surface area contributed by atoms with E-state index < -0.39 is 22.0 Å². The molecular formula is C16H12Br2N2O4S. The van der Waals surface area contributed by atoms with Gasteiger partial charge < -0.3 is 10.4 Å². The maximum atomic E-state index is 12.6. The van der Waals surface area contributed by atoms with E-state index in [1.54, 1.807) is 30.3 Å². The second-order valence-electron chi connectivity index (χ2n) is 5.27. The van der Waals surface area contributed by atoms with Gasteiger partial charge in [-0.1, -0.05) is 50.1 Å². The predicted molar refractivity (Wildman–Crippen MR) is 101 cm³/mol. The Labute approximate surface area is 161 Å². The number of rotatable bonds is 4. The summed E-state index contributed by atoms with van der Waals surface area (Å²) in [6, 6.07) is 10.5. The zero-order valence-corrected chi connectivity index (χ0v) is 16.5. The Balaban J connectivity index is 2.07. The van der Waals surface area contributed by atoms with Gasteiger partial charge in [0.15, 0.2) is 0 Å². The fraction of sp³-hybridized carbons (Fsp3) is 0.0625. The number of hydrogen-bond acceptors (Lipinski definition) is 4. The van der Waals surface area contributed by atoms with E-state index >= 15 is 0 Å². The molecule has 1 aliphatic rings. The summed E-state index contributed by atoms with van der Waals surface area (Å²) in [5.41, 5.74) is 1.01. The van der Waals surface area contributed by atoms with Gasteiger partial charge in [0.25, 0.3) is 0 Å². The first kappa shape index (κ1) is 18.1. The third-order valence-electron chi connectivity index (χ3n) is 3.57. The van der Waals surface area contributed by atoms with Crippen LogP contribution in [0.15, 0.2) is 68.1 Å². The minimum absolute atomic E-state index is 0.0988. The fourth-order valence-electron chi connectivity index (χ4n) is 2.49. The number of carbonyl (C=O) groups is 1. The van der Waals surface area contributed by atoms with Gasteiger partial charge in [0, 0.05) is 20.2 Å². The number of fused-ring (bicyclic) bond motifs is 1. The zero-order chi connectivity index (χ0) is 18.2. The normalized spacial score (nSPS) is 16.6. The maximum Gasteiger partial charge on any atom is 0.352 e. The summed E-state index contributed by atoms with van der Waals surface area (Å²) in [6.07, 6.45) is 1.34. The number of carboxylic acids is 1. The summed E-state index contributed by atoms with van der Waals surface area (Å²) < 4.78 is 29.2. The number of aliphatic carboxylic acids is 1. The highest BCUT2D eigenvalue weighted by atomic mass is 79.9. The summed E-state index contributed by atoms with van der Waals surface area (Å²) in [5, 5.41) is 12.1. The van der Waals surface area contributed by atoms with Crippen molar-refractivity contribution in [2.75, 3.05) is 5.32 Å². The van der Waals surface area contributed by atoms with Gasteiger partial charge in [0.1, 0.15) is 5.70 Å². The van der Waals surface area contributed by atoms with Crippen molar-refractivity contribution in [3.63, 3.8) is 0 Å². The number of hydrogen-bond donors (Lipinski definition) is 3. The van der Waals surface area contributed by atoms with E-state index in [2.05, 4.69) is 41.9 Å². The number of anilines is 1. The van der Waals surface area contributed by atoms with Gasteiger partial charge in [-0.3, -0.25) is 0 Å². The Bertz CT molecular complexity index is 975. The van der Waals surface area contributed by atoms with E-state index in [-0.39, 0.29) is 10.6 Å². The van der Waals surface area contributed by atoms with Crippen LogP contribution in [0.25, 0.3) is 0 Å². The van der Waals surface area contributed by atoms with Gasteiger partial charge in [-0.2, -0.15) is 4.72 Å². The van der Waals surface area contributed by atoms with Crippen molar-refractivity contribution in [1.82, 2.24) is 4.72 Å². The monoisotopic (exact) mass is 486 g/mol. The summed E-state index contributed by atoms with van der Waals surface area (Å²) >= 11 is 6.75. The number of benzene rings is 2. The molecule has 1 atom stereocenters. The van der Waals surface area contributed by atoms with Crippen molar-refractivity contribution in [2.24, 2.45) is 0 Å². The van der Waals surface area contributed by atoms with E-state index in [0.29, 0.717) is 15.7 Å². The highest BCUT2D eigenvalue weighted by Gasteiger charge is 2.29. The van der Waals surface area contributed by atoms with E-state index in [9.17, 15) is 18.3 Å². The van der Waals surface area contributed by atoms with Crippen molar-refractivity contribution in [2.45, 2.75) is 10.9 Å². The van der Waals surface area contributed by atoms with Crippen molar-refractivity contribution in [1.29, 1.82) is 0 Å². The molecule has 1 unspecified atom stereocenters. The average molecular weight is 488 g/mol. The standard InChI is InChI=1S/C16H12Br2N2O4S/c17-9-6-11(18)15-12(7-9)19-14(16(21)22)8-13(15)20-25(23,24)10-4-2-1-3-5-10/h1-8,13,19-20H,(H,21,22). The smallest absolute Gasteiger partial charge is 0.352 e. The van der Waals surface area contributed by atoms with Gasteiger partial charge in [-0.25, -0.2) is 13.2 Å². The molecule has 0 aliphatic carbocycles. The van der Waals surface area contributed by atoms with Crippen LogP contribution in [0.5, 0.6) is 0 Å². The van der Waals surface area contributed by atoms with Crippen LogP contribution in [0.1, 0.15) is 11.6 Å². The summed E-state index contributed by atoms with van der Waals surface area (Å²) in [5.74, 6) is -1.18. The van der Waals surface area contributed by atoms with Crippen LogP contribution in [-0.2, 0) is 14.8 Å². The quantitative estimate of drug-likeness (QED) is 0.612. The van der Waals surface area contributed by atoms with Crippen molar-refractivity contribution >= 4 is 53.5 Å². The molecule has 2 aromatic rings. The molecule has 1 aliphatic heterocycles. The molecular weight excluding hydrogens is 476 g/mol. The zero-order valence-electron chi connectivity index (χ0n) is 12.5. The van der Waals surface area contributed by atoms with Crippen LogP contribution < -0.4 is 10.0 Å². The molecule has 3 rings (SSSR count). The van der Waals surface area contributed by atoms with E-state index in [0.717, 1.165) is 4.47 Å². The topological polar surface area (TPSA) is 95.5 Å². The Morgan fingerprint density at radius 3 is 2.48 bits per heavy atom. The van der Waals surface area contributed by atoms with E-state index in [4.69, 9.17) is 0 Å². The number of sulfonamides is 1. The molecule has 1 heterocycles. The fourth-order valence-corrected chi connectivity index (χ4v) is 5.14. The maximum absolute atomic E-state index is 12.6. The largest absolute Gasteiger partial charge is 0.477 e. The Kier molecular flexibility index (Phi) is 5.01. The van der Waals surface area contributed by atoms with Gasteiger partial charge in [-0.05, 0) is 30.3 Å². The van der Waals surface area contributed by atoms with Crippen molar-refractivity contribution < 1.29 is 18.3 Å². The molecule has 0 saturated heterocycles. The first-order valence-corrected chi connectivity index (χ1v) is 10.1. The SMILES string of the molecule is O=C(O)C1=CC(NS(=O)(=O)c2ccccc2)c2c(Br)cc(Br)cc2N1. The Morgan fingerprint density at radius 1 is 1.16 bits per heavy atom. The lowest BCUT2D eigenvalue weighted by atomic mass is 10.0. The lowest BCUT2D eigenvalue weighted by Crippen LogP contribution is -2.31. The molecule has 6 nitrogen and oxygen atoms in total. The molecule has 0 aromatic heterocycles. The number of halogens is 2. The molecule has 0 amide bonds. The molecule has 3 N–H and O–H groups in total. The molecule has 0 spiro atoms. The molecule has 0 radical (unpaired) electrons. The van der Waals surface area contributed by atoms with Gasteiger partial charge >= 0.3 is 5.97 Å². The molecule has 9 heteroatoms. The average Bonchev–Trinajstić information content (AvgIpc) is 2.54. The summed E-state index contributed by atoms with van der Waals surface area (Å²) in [6.45, 7) is 0. The van der Waals surface area contributed by atoms with E-state index in [1.165, 1.54) is 18.2 Å². The Hall–Kier alpha value is -1.68. The molecule has 0 saturated carbocycles. The highest BCUT2D eigenvalue weighted by molar-refractivity contribution is 9.11. The minimum atomic E-state index is -3.83.